The normalized spacial score (nSPS) is 11.2. The molecule has 0 bridgehead atoms. The van der Waals surface area contributed by atoms with E-state index in [2.05, 4.69) is 13.2 Å². The predicted octanol–water partition coefficient (Wildman–Crippen LogP) is 1.43. The van der Waals surface area contributed by atoms with Gasteiger partial charge < -0.3 is 19.3 Å². The molecule has 1 rings (SSSR count). The summed E-state index contributed by atoms with van der Waals surface area (Å²) in [6, 6.07) is 7.16. The second-order valence-corrected chi connectivity index (χ2v) is 4.56. The molecule has 0 heterocycles. The van der Waals surface area contributed by atoms with Gasteiger partial charge in [-0.1, -0.05) is 25.3 Å². The standard InChI is InChI=1S/C17H20O6/c1-3-16(19)21-10-9-13-5-7-15(8-6-13)22-11-14(18)12-23-17(20)4-2/h3-8,14,18H,1-2,9-12H2. The average molecular weight is 320 g/mol. The summed E-state index contributed by atoms with van der Waals surface area (Å²) in [4.78, 5) is 21.7. The van der Waals surface area contributed by atoms with Crippen LogP contribution in [-0.4, -0.2) is 43.0 Å². The molecule has 1 aromatic rings. The Balaban J connectivity index is 2.30. The summed E-state index contributed by atoms with van der Waals surface area (Å²) >= 11 is 0. The number of hydrogen-bond donors (Lipinski definition) is 1. The van der Waals surface area contributed by atoms with Gasteiger partial charge in [-0.3, -0.25) is 0 Å². The third kappa shape index (κ3) is 7.82. The van der Waals surface area contributed by atoms with Crippen molar-refractivity contribution in [3.63, 3.8) is 0 Å². The molecule has 0 radical (unpaired) electrons. The van der Waals surface area contributed by atoms with E-state index >= 15 is 0 Å². The molecule has 1 atom stereocenters. The van der Waals surface area contributed by atoms with Crippen molar-refractivity contribution in [3.8, 4) is 5.75 Å². The molecule has 1 unspecified atom stereocenters. The molecule has 23 heavy (non-hydrogen) atoms. The Hall–Kier alpha value is -2.60. The van der Waals surface area contributed by atoms with Crippen LogP contribution < -0.4 is 4.74 Å². The van der Waals surface area contributed by atoms with E-state index in [0.717, 1.165) is 17.7 Å². The quantitative estimate of drug-likeness (QED) is 0.519. The monoisotopic (exact) mass is 320 g/mol. The predicted molar refractivity (Wildman–Crippen MR) is 84.0 cm³/mol. The highest BCUT2D eigenvalue weighted by Gasteiger charge is 2.08. The topological polar surface area (TPSA) is 82.1 Å². The van der Waals surface area contributed by atoms with Crippen molar-refractivity contribution in [2.24, 2.45) is 0 Å². The van der Waals surface area contributed by atoms with Gasteiger partial charge in [-0.25, -0.2) is 9.59 Å². The van der Waals surface area contributed by atoms with Crippen LogP contribution in [0.3, 0.4) is 0 Å². The molecule has 1 aromatic carbocycles. The van der Waals surface area contributed by atoms with Crippen LogP contribution >= 0.6 is 0 Å². The minimum atomic E-state index is -0.920. The van der Waals surface area contributed by atoms with E-state index in [4.69, 9.17) is 14.2 Å². The van der Waals surface area contributed by atoms with E-state index in [1.54, 1.807) is 12.1 Å². The van der Waals surface area contributed by atoms with Crippen molar-refractivity contribution < 1.29 is 28.9 Å². The maximum Gasteiger partial charge on any atom is 0.330 e. The molecule has 124 valence electrons. The van der Waals surface area contributed by atoms with Gasteiger partial charge in [-0.15, -0.1) is 0 Å². The summed E-state index contributed by atoms with van der Waals surface area (Å²) in [6.45, 7) is 6.69. The number of hydrogen-bond acceptors (Lipinski definition) is 6. The molecular formula is C17H20O6. The second-order valence-electron chi connectivity index (χ2n) is 4.56. The van der Waals surface area contributed by atoms with Gasteiger partial charge in [0.05, 0.1) is 6.61 Å². The molecule has 0 saturated carbocycles. The molecular weight excluding hydrogens is 300 g/mol. The second kappa shape index (κ2) is 10.2. The van der Waals surface area contributed by atoms with E-state index in [1.165, 1.54) is 0 Å². The number of rotatable bonds is 10. The van der Waals surface area contributed by atoms with Crippen molar-refractivity contribution in [1.29, 1.82) is 0 Å². The van der Waals surface area contributed by atoms with Gasteiger partial charge in [0.1, 0.15) is 25.1 Å². The summed E-state index contributed by atoms with van der Waals surface area (Å²) in [5.41, 5.74) is 0.981. The smallest absolute Gasteiger partial charge is 0.330 e. The largest absolute Gasteiger partial charge is 0.491 e. The maximum absolute atomic E-state index is 10.9. The fraction of sp³-hybridized carbons (Fsp3) is 0.294. The lowest BCUT2D eigenvalue weighted by Gasteiger charge is -2.12. The number of ether oxygens (including phenoxy) is 3. The first-order chi connectivity index (χ1) is 11.0. The number of aliphatic hydroxyl groups excluding tert-OH is 1. The summed E-state index contributed by atoms with van der Waals surface area (Å²) in [7, 11) is 0. The van der Waals surface area contributed by atoms with Gasteiger partial charge in [-0.2, -0.15) is 0 Å². The fourth-order valence-corrected chi connectivity index (χ4v) is 1.56. The Kier molecular flexibility index (Phi) is 8.17. The molecule has 6 heteroatoms. The number of benzene rings is 1. The van der Waals surface area contributed by atoms with Gasteiger partial charge in [0.25, 0.3) is 0 Å². The summed E-state index contributed by atoms with van der Waals surface area (Å²) in [6.07, 6.45) is 1.81. The number of esters is 2. The Morgan fingerprint density at radius 3 is 2.26 bits per heavy atom. The van der Waals surface area contributed by atoms with E-state index in [9.17, 15) is 14.7 Å². The van der Waals surface area contributed by atoms with Crippen LogP contribution in [0.1, 0.15) is 5.56 Å². The van der Waals surface area contributed by atoms with Crippen LogP contribution in [0.4, 0.5) is 0 Å². The Labute approximate surface area is 135 Å². The molecule has 0 aromatic heterocycles. The third-order valence-corrected chi connectivity index (χ3v) is 2.75. The fourth-order valence-electron chi connectivity index (χ4n) is 1.56. The Bertz CT molecular complexity index is 535. The molecule has 6 nitrogen and oxygen atoms in total. The molecule has 0 saturated heterocycles. The van der Waals surface area contributed by atoms with Crippen molar-refractivity contribution in [2.45, 2.75) is 12.5 Å². The minimum absolute atomic E-state index is 0.000711. The van der Waals surface area contributed by atoms with Gasteiger partial charge in [-0.05, 0) is 17.7 Å². The van der Waals surface area contributed by atoms with Crippen molar-refractivity contribution >= 4 is 11.9 Å². The molecule has 0 aliphatic carbocycles. The lowest BCUT2D eigenvalue weighted by atomic mass is 10.1. The highest BCUT2D eigenvalue weighted by atomic mass is 16.5. The van der Waals surface area contributed by atoms with Gasteiger partial charge in [0.15, 0.2) is 0 Å². The van der Waals surface area contributed by atoms with E-state index in [-0.39, 0.29) is 19.8 Å². The first-order valence-electron chi connectivity index (χ1n) is 7.03. The van der Waals surface area contributed by atoms with Crippen molar-refractivity contribution in [2.75, 3.05) is 19.8 Å². The molecule has 0 amide bonds. The lowest BCUT2D eigenvalue weighted by Crippen LogP contribution is -2.24. The van der Waals surface area contributed by atoms with Crippen molar-refractivity contribution in [1.82, 2.24) is 0 Å². The zero-order valence-corrected chi connectivity index (χ0v) is 12.8. The van der Waals surface area contributed by atoms with Crippen molar-refractivity contribution in [3.05, 3.63) is 55.1 Å². The van der Waals surface area contributed by atoms with E-state index in [0.29, 0.717) is 12.2 Å². The first-order valence-corrected chi connectivity index (χ1v) is 7.03. The summed E-state index contributed by atoms with van der Waals surface area (Å²) < 4.78 is 15.0. The first kappa shape index (κ1) is 18.4. The summed E-state index contributed by atoms with van der Waals surface area (Å²) in [5.74, 6) is -0.465. The zero-order valence-electron chi connectivity index (χ0n) is 12.8. The maximum atomic E-state index is 10.9. The van der Waals surface area contributed by atoms with E-state index < -0.39 is 18.0 Å². The van der Waals surface area contributed by atoms with Crippen LogP contribution in [0.2, 0.25) is 0 Å². The highest BCUT2D eigenvalue weighted by Crippen LogP contribution is 2.13. The molecule has 0 aliphatic rings. The van der Waals surface area contributed by atoms with Crippen LogP contribution in [-0.2, 0) is 25.5 Å². The van der Waals surface area contributed by atoms with E-state index in [1.807, 2.05) is 12.1 Å². The van der Waals surface area contributed by atoms with Gasteiger partial charge >= 0.3 is 11.9 Å². The van der Waals surface area contributed by atoms with Crippen LogP contribution in [0.25, 0.3) is 0 Å². The highest BCUT2D eigenvalue weighted by molar-refractivity contribution is 5.81. The molecule has 1 N–H and O–H groups in total. The Morgan fingerprint density at radius 2 is 1.65 bits per heavy atom. The Morgan fingerprint density at radius 1 is 1.04 bits per heavy atom. The zero-order chi connectivity index (χ0) is 17.1. The van der Waals surface area contributed by atoms with Crippen LogP contribution in [0.15, 0.2) is 49.6 Å². The van der Waals surface area contributed by atoms with Gasteiger partial charge in [0.2, 0.25) is 0 Å². The number of aliphatic hydroxyl groups is 1. The van der Waals surface area contributed by atoms with Gasteiger partial charge in [0, 0.05) is 18.6 Å². The average Bonchev–Trinajstić information content (AvgIpc) is 2.58. The van der Waals surface area contributed by atoms with Crippen LogP contribution in [0.5, 0.6) is 5.75 Å². The lowest BCUT2D eigenvalue weighted by molar-refractivity contribution is -0.141. The molecule has 0 fully saturated rings. The molecule has 0 spiro atoms. The summed E-state index contributed by atoms with van der Waals surface area (Å²) in [5, 5.41) is 9.61. The third-order valence-electron chi connectivity index (χ3n) is 2.75. The molecule has 0 aliphatic heterocycles. The minimum Gasteiger partial charge on any atom is -0.491 e. The SMILES string of the molecule is C=CC(=O)OCCc1ccc(OCC(O)COC(=O)C=C)cc1. The number of carbonyl (C=O) groups excluding carboxylic acids is 2. The van der Waals surface area contributed by atoms with Crippen LogP contribution in [0, 0.1) is 0 Å². The number of carbonyl (C=O) groups is 2.